The molecule has 0 atom stereocenters. The lowest BCUT2D eigenvalue weighted by molar-refractivity contribution is 0.112. The van der Waals surface area contributed by atoms with Crippen LogP contribution in [-0.2, 0) is 0 Å². The van der Waals surface area contributed by atoms with E-state index in [1.54, 1.807) is 6.92 Å². The molecule has 0 bridgehead atoms. The number of halogens is 1. The minimum Gasteiger partial charge on any atom is -0.508 e. The number of hydrogen-bond donors (Lipinski definition) is 2. The molecule has 1 rings (SSSR count). The average Bonchev–Trinajstić information content (AvgIpc) is 2.01. The third-order valence-electron chi connectivity index (χ3n) is 1.63. The second kappa shape index (κ2) is 3.30. The quantitative estimate of drug-likeness (QED) is 0.608. The Labute approximate surface area is 83.2 Å². The number of phenolic OH excluding ortho intramolecular Hbond substituents is 2. The Hall–Kier alpha value is -0.780. The first-order valence-corrected chi connectivity index (χ1v) is 4.32. The first-order valence-electron chi connectivity index (χ1n) is 3.24. The maximum atomic E-state index is 10.5. The SMILES string of the molecule is Cc1c(O)cc(I)c(C=O)c1O. The van der Waals surface area contributed by atoms with E-state index in [4.69, 9.17) is 0 Å². The third-order valence-corrected chi connectivity index (χ3v) is 2.53. The minimum atomic E-state index is -0.144. The van der Waals surface area contributed by atoms with Gasteiger partial charge in [-0.05, 0) is 35.6 Å². The molecule has 3 nitrogen and oxygen atoms in total. The number of hydrogen-bond acceptors (Lipinski definition) is 3. The van der Waals surface area contributed by atoms with Crippen LogP contribution in [0.25, 0.3) is 0 Å². The van der Waals surface area contributed by atoms with Crippen LogP contribution in [0.15, 0.2) is 6.07 Å². The van der Waals surface area contributed by atoms with Crippen LogP contribution in [0.1, 0.15) is 15.9 Å². The lowest BCUT2D eigenvalue weighted by Crippen LogP contribution is -1.90. The number of carbonyl (C=O) groups is 1. The van der Waals surface area contributed by atoms with Gasteiger partial charge in [-0.1, -0.05) is 0 Å². The minimum absolute atomic E-state index is 0.00231. The molecular formula is C8H7IO3. The Kier molecular flexibility index (Phi) is 2.56. The van der Waals surface area contributed by atoms with E-state index in [9.17, 15) is 15.0 Å². The molecule has 0 fully saturated rings. The van der Waals surface area contributed by atoms with Gasteiger partial charge in [0.05, 0.1) is 5.56 Å². The van der Waals surface area contributed by atoms with Crippen LogP contribution in [0.2, 0.25) is 0 Å². The zero-order valence-corrected chi connectivity index (χ0v) is 8.49. The Bertz CT molecular complexity index is 334. The van der Waals surface area contributed by atoms with Crippen molar-refractivity contribution < 1.29 is 15.0 Å². The molecule has 0 aromatic heterocycles. The summed E-state index contributed by atoms with van der Waals surface area (Å²) < 4.78 is 0.545. The van der Waals surface area contributed by atoms with Gasteiger partial charge in [-0.25, -0.2) is 0 Å². The molecule has 0 aliphatic carbocycles. The van der Waals surface area contributed by atoms with E-state index in [-0.39, 0.29) is 17.1 Å². The fourth-order valence-electron chi connectivity index (χ4n) is 0.855. The van der Waals surface area contributed by atoms with Crippen molar-refractivity contribution in [1.82, 2.24) is 0 Å². The van der Waals surface area contributed by atoms with Gasteiger partial charge in [-0.15, -0.1) is 0 Å². The summed E-state index contributed by atoms with van der Waals surface area (Å²) in [6.45, 7) is 1.55. The summed E-state index contributed by atoms with van der Waals surface area (Å²) in [6, 6.07) is 1.44. The molecule has 0 aliphatic heterocycles. The predicted octanol–water partition coefficient (Wildman–Crippen LogP) is 1.82. The van der Waals surface area contributed by atoms with E-state index in [2.05, 4.69) is 0 Å². The highest BCUT2D eigenvalue weighted by Crippen LogP contribution is 2.32. The fourth-order valence-corrected chi connectivity index (χ4v) is 1.53. The summed E-state index contributed by atoms with van der Waals surface area (Å²) in [5.74, 6) is -0.142. The highest BCUT2D eigenvalue weighted by molar-refractivity contribution is 14.1. The smallest absolute Gasteiger partial charge is 0.154 e. The number of rotatable bonds is 1. The van der Waals surface area contributed by atoms with Crippen molar-refractivity contribution in [3.63, 3.8) is 0 Å². The van der Waals surface area contributed by atoms with E-state index in [1.165, 1.54) is 6.07 Å². The van der Waals surface area contributed by atoms with Crippen LogP contribution in [0, 0.1) is 10.5 Å². The molecule has 0 amide bonds. The van der Waals surface area contributed by atoms with Crippen molar-refractivity contribution in [2.75, 3.05) is 0 Å². The summed E-state index contributed by atoms with van der Waals surface area (Å²) in [5, 5.41) is 18.6. The van der Waals surface area contributed by atoms with Gasteiger partial charge < -0.3 is 10.2 Å². The highest BCUT2D eigenvalue weighted by atomic mass is 127. The highest BCUT2D eigenvalue weighted by Gasteiger charge is 2.11. The van der Waals surface area contributed by atoms with Crippen molar-refractivity contribution in [3.8, 4) is 11.5 Å². The van der Waals surface area contributed by atoms with Gasteiger partial charge in [0.1, 0.15) is 11.5 Å². The number of phenols is 2. The van der Waals surface area contributed by atoms with Crippen LogP contribution >= 0.6 is 22.6 Å². The van der Waals surface area contributed by atoms with Gasteiger partial charge >= 0.3 is 0 Å². The lowest BCUT2D eigenvalue weighted by atomic mass is 10.1. The standard InChI is InChI=1S/C8H7IO3/c1-4-7(11)2-6(9)5(3-10)8(4)12/h2-3,11-12H,1H3. The van der Waals surface area contributed by atoms with E-state index in [1.807, 2.05) is 22.6 Å². The Morgan fingerprint density at radius 3 is 2.58 bits per heavy atom. The Morgan fingerprint density at radius 1 is 1.50 bits per heavy atom. The second-order valence-electron chi connectivity index (χ2n) is 2.38. The molecule has 12 heavy (non-hydrogen) atoms. The molecular weight excluding hydrogens is 271 g/mol. The molecule has 0 aliphatic rings. The van der Waals surface area contributed by atoms with Gasteiger partial charge in [-0.2, -0.15) is 0 Å². The third kappa shape index (κ3) is 1.38. The van der Waals surface area contributed by atoms with Gasteiger partial charge in [-0.3, -0.25) is 4.79 Å². The summed E-state index contributed by atoms with van der Waals surface area (Å²) in [7, 11) is 0. The predicted molar refractivity (Wildman–Crippen MR) is 52.6 cm³/mol. The maximum Gasteiger partial charge on any atom is 0.154 e. The first kappa shape index (κ1) is 9.31. The van der Waals surface area contributed by atoms with Gasteiger partial charge in [0, 0.05) is 9.13 Å². The van der Waals surface area contributed by atoms with Crippen LogP contribution < -0.4 is 0 Å². The molecule has 2 N–H and O–H groups in total. The van der Waals surface area contributed by atoms with E-state index < -0.39 is 0 Å². The van der Waals surface area contributed by atoms with Crippen molar-refractivity contribution in [2.24, 2.45) is 0 Å². The number of benzene rings is 1. The first-order chi connectivity index (χ1) is 5.57. The van der Waals surface area contributed by atoms with E-state index in [0.29, 0.717) is 15.4 Å². The van der Waals surface area contributed by atoms with Crippen molar-refractivity contribution in [1.29, 1.82) is 0 Å². The fraction of sp³-hybridized carbons (Fsp3) is 0.125. The molecule has 0 spiro atoms. The second-order valence-corrected chi connectivity index (χ2v) is 3.54. The van der Waals surface area contributed by atoms with Gasteiger partial charge in [0.15, 0.2) is 6.29 Å². The summed E-state index contributed by atoms with van der Waals surface area (Å²) in [5.41, 5.74) is 0.559. The number of aromatic hydroxyl groups is 2. The van der Waals surface area contributed by atoms with Gasteiger partial charge in [0.2, 0.25) is 0 Å². The average molecular weight is 278 g/mol. The Balaban J connectivity index is 3.51. The molecule has 1 aromatic rings. The zero-order chi connectivity index (χ0) is 9.30. The molecule has 0 saturated heterocycles. The van der Waals surface area contributed by atoms with Gasteiger partial charge in [0.25, 0.3) is 0 Å². The van der Waals surface area contributed by atoms with E-state index >= 15 is 0 Å². The van der Waals surface area contributed by atoms with Crippen molar-refractivity contribution in [2.45, 2.75) is 6.92 Å². The molecule has 0 unspecified atom stereocenters. The molecule has 1 aromatic carbocycles. The normalized spacial score (nSPS) is 9.83. The van der Waals surface area contributed by atoms with Crippen molar-refractivity contribution >= 4 is 28.9 Å². The monoisotopic (exact) mass is 278 g/mol. The number of aldehydes is 1. The summed E-state index contributed by atoms with van der Waals surface area (Å²) in [4.78, 5) is 10.5. The zero-order valence-electron chi connectivity index (χ0n) is 6.34. The van der Waals surface area contributed by atoms with Crippen LogP contribution in [0.3, 0.4) is 0 Å². The molecule has 4 heteroatoms. The van der Waals surface area contributed by atoms with Crippen LogP contribution in [0.5, 0.6) is 11.5 Å². The molecule has 0 saturated carbocycles. The topological polar surface area (TPSA) is 57.5 Å². The van der Waals surface area contributed by atoms with Crippen LogP contribution in [0.4, 0.5) is 0 Å². The summed E-state index contributed by atoms with van der Waals surface area (Å²) >= 11 is 1.88. The van der Waals surface area contributed by atoms with E-state index in [0.717, 1.165) is 0 Å². The lowest BCUT2D eigenvalue weighted by Gasteiger charge is -2.05. The summed E-state index contributed by atoms with van der Waals surface area (Å²) in [6.07, 6.45) is 0.573. The molecule has 64 valence electrons. The van der Waals surface area contributed by atoms with Crippen molar-refractivity contribution in [3.05, 3.63) is 20.8 Å². The molecule has 0 radical (unpaired) electrons. The Morgan fingerprint density at radius 2 is 2.08 bits per heavy atom. The maximum absolute atomic E-state index is 10.5. The molecule has 0 heterocycles. The van der Waals surface area contributed by atoms with Crippen LogP contribution in [-0.4, -0.2) is 16.5 Å². The number of carbonyl (C=O) groups excluding carboxylic acids is 1. The largest absolute Gasteiger partial charge is 0.508 e.